The molecule has 0 aromatic rings. The molecule has 0 unspecified atom stereocenters. The van der Waals surface area contributed by atoms with Gasteiger partial charge in [0.05, 0.1) is 0 Å². The Morgan fingerprint density at radius 3 is 1.00 bits per heavy atom. The third-order valence-electron chi connectivity index (χ3n) is 1.25. The third-order valence-corrected chi connectivity index (χ3v) is 1.25. The van der Waals surface area contributed by atoms with Crippen LogP contribution >= 0.6 is 0 Å². The molecule has 32 valence electrons. The molecule has 1 heteroatoms. The summed E-state index contributed by atoms with van der Waals surface area (Å²) in [5.41, 5.74) is 0. The van der Waals surface area contributed by atoms with E-state index >= 15 is 0 Å². The molecular weight excluding hydrogens is 83.0 g/mol. The van der Waals surface area contributed by atoms with Crippen LogP contribution in [0.25, 0.3) is 0 Å². The van der Waals surface area contributed by atoms with Gasteiger partial charge in [-0.3, -0.25) is 0 Å². The third kappa shape index (κ3) is 2.22. The number of rotatable bonds is 0. The Morgan fingerprint density at radius 2 is 0.833 bits per heavy atom. The normalized spacial score (nSPS) is 20.0. The van der Waals surface area contributed by atoms with Crippen molar-refractivity contribution in [2.75, 3.05) is 0 Å². The first-order valence-corrected chi connectivity index (χ1v) is 2.50. The summed E-state index contributed by atoms with van der Waals surface area (Å²) >= 11 is 0. The van der Waals surface area contributed by atoms with E-state index in [0.717, 1.165) is 0 Å². The summed E-state index contributed by atoms with van der Waals surface area (Å²) in [6.45, 7) is 0. The van der Waals surface area contributed by atoms with Crippen molar-refractivity contribution in [2.45, 2.75) is 32.1 Å². The molecule has 1 aliphatic carbocycles. The Hall–Kier alpha value is 1.00. The first kappa shape index (κ1) is 7.00. The zero-order valence-corrected chi connectivity index (χ0v) is 6.54. The first-order valence-electron chi connectivity index (χ1n) is 2.50. The van der Waals surface area contributed by atoms with Crippen molar-refractivity contribution in [3.63, 3.8) is 0 Å². The van der Waals surface area contributed by atoms with Crippen LogP contribution in [-0.2, 0) is 0 Å². The summed E-state index contributed by atoms with van der Waals surface area (Å²) in [6, 6.07) is 0. The van der Waals surface area contributed by atoms with E-state index in [1.165, 1.54) is 32.1 Å². The minimum Gasteiger partial charge on any atom is -1.00 e. The van der Waals surface area contributed by atoms with Crippen molar-refractivity contribution in [1.29, 1.82) is 0 Å². The van der Waals surface area contributed by atoms with Crippen LogP contribution in [-0.4, -0.2) is 0 Å². The van der Waals surface area contributed by atoms with Gasteiger partial charge in [-0.2, -0.15) is 0 Å². The van der Waals surface area contributed by atoms with Gasteiger partial charge in [0.25, 0.3) is 0 Å². The van der Waals surface area contributed by atoms with Crippen LogP contribution in [0.5, 0.6) is 0 Å². The van der Waals surface area contributed by atoms with E-state index in [2.05, 4.69) is 0 Å². The van der Waals surface area contributed by atoms with Crippen molar-refractivity contribution < 1.29 is 31.0 Å². The average molecular weight is 94.1 g/mol. The van der Waals surface area contributed by atoms with Gasteiger partial charge in [0.15, 0.2) is 0 Å². The molecule has 0 N–H and O–H groups in total. The van der Waals surface area contributed by atoms with Crippen LogP contribution in [0.15, 0.2) is 0 Å². The van der Waals surface area contributed by atoms with Gasteiger partial charge in [-0.15, -0.1) is 0 Å². The van der Waals surface area contributed by atoms with E-state index in [1.54, 1.807) is 0 Å². The Bertz CT molecular complexity index is 19.7. The van der Waals surface area contributed by atoms with Crippen molar-refractivity contribution in [1.82, 2.24) is 0 Å². The topological polar surface area (TPSA) is 0 Å². The van der Waals surface area contributed by atoms with Gasteiger partial charge in [0.1, 0.15) is 0 Å². The molecule has 0 aliphatic heterocycles. The number of hydrogen-bond donors (Lipinski definition) is 0. The predicted molar refractivity (Wildman–Crippen MR) is 24.2 cm³/mol. The maximum atomic E-state index is 1.50. The molecule has 1 rings (SSSR count). The zero-order chi connectivity index (χ0) is 3.54. The summed E-state index contributed by atoms with van der Waals surface area (Å²) in [5.74, 6) is 0. The fourth-order valence-electron chi connectivity index (χ4n) is 0.884. The molecule has 0 radical (unpaired) electrons. The van der Waals surface area contributed by atoms with Gasteiger partial charge in [0.2, 0.25) is 0 Å². The standard InChI is InChI=1S/C5H10.Na.H/c1-2-4-5-3-1;;/h1-5H2;;/q;+1;-1. The number of hydrogen-bond acceptors (Lipinski definition) is 0. The van der Waals surface area contributed by atoms with Crippen LogP contribution in [0.1, 0.15) is 33.5 Å². The van der Waals surface area contributed by atoms with Crippen LogP contribution < -0.4 is 29.6 Å². The fraction of sp³-hybridized carbons (Fsp3) is 1.00. The van der Waals surface area contributed by atoms with Gasteiger partial charge in [0, 0.05) is 0 Å². The SMILES string of the molecule is C1CCCC1.[H-].[Na+]. The first-order chi connectivity index (χ1) is 2.50. The smallest absolute Gasteiger partial charge is 1.00 e. The largest absolute Gasteiger partial charge is 1.00 e. The average Bonchev–Trinajstić information content (AvgIpc) is 1.76. The summed E-state index contributed by atoms with van der Waals surface area (Å²) in [6.07, 6.45) is 7.50. The summed E-state index contributed by atoms with van der Waals surface area (Å²) in [7, 11) is 0. The molecule has 1 aliphatic rings. The van der Waals surface area contributed by atoms with Crippen LogP contribution in [0.3, 0.4) is 0 Å². The molecule has 1 fully saturated rings. The van der Waals surface area contributed by atoms with Crippen LogP contribution in [0.2, 0.25) is 0 Å². The molecule has 1 saturated carbocycles. The monoisotopic (exact) mass is 94.1 g/mol. The van der Waals surface area contributed by atoms with Crippen LogP contribution in [0, 0.1) is 0 Å². The van der Waals surface area contributed by atoms with Crippen molar-refractivity contribution >= 4 is 0 Å². The molecule has 0 bridgehead atoms. The van der Waals surface area contributed by atoms with Gasteiger partial charge in [-0.05, 0) is 0 Å². The molecule has 0 aromatic carbocycles. The van der Waals surface area contributed by atoms with Crippen molar-refractivity contribution in [2.24, 2.45) is 0 Å². The molecule has 0 spiro atoms. The summed E-state index contributed by atoms with van der Waals surface area (Å²) in [4.78, 5) is 0. The Morgan fingerprint density at radius 1 is 0.667 bits per heavy atom. The minimum absolute atomic E-state index is 0. The zero-order valence-electron chi connectivity index (χ0n) is 5.54. The predicted octanol–water partition coefficient (Wildman–Crippen LogP) is -0.933. The molecule has 0 amide bonds. The summed E-state index contributed by atoms with van der Waals surface area (Å²) < 4.78 is 0. The quantitative estimate of drug-likeness (QED) is 0.340. The van der Waals surface area contributed by atoms with Crippen molar-refractivity contribution in [3.05, 3.63) is 0 Å². The Labute approximate surface area is 63.1 Å². The van der Waals surface area contributed by atoms with Crippen LogP contribution in [0.4, 0.5) is 0 Å². The van der Waals surface area contributed by atoms with E-state index in [1.807, 2.05) is 0 Å². The second-order valence-electron chi connectivity index (χ2n) is 1.77. The van der Waals surface area contributed by atoms with E-state index in [9.17, 15) is 0 Å². The molecule has 0 atom stereocenters. The van der Waals surface area contributed by atoms with E-state index in [0.29, 0.717) is 0 Å². The maximum Gasteiger partial charge on any atom is 1.00 e. The Kier molecular flexibility index (Phi) is 4.86. The van der Waals surface area contributed by atoms with Crippen molar-refractivity contribution in [3.8, 4) is 0 Å². The van der Waals surface area contributed by atoms with Gasteiger partial charge in [-0.1, -0.05) is 32.1 Å². The van der Waals surface area contributed by atoms with Gasteiger partial charge < -0.3 is 1.43 Å². The molecule has 0 nitrogen and oxygen atoms in total. The molecule has 0 aromatic heterocycles. The second kappa shape index (κ2) is 4.17. The Balaban J connectivity index is 0. The minimum atomic E-state index is 0. The fourth-order valence-corrected chi connectivity index (χ4v) is 0.884. The molecule has 0 saturated heterocycles. The molecule has 0 heterocycles. The maximum absolute atomic E-state index is 1.50. The van der Waals surface area contributed by atoms with Gasteiger partial charge in [-0.25, -0.2) is 0 Å². The second-order valence-corrected chi connectivity index (χ2v) is 1.77. The van der Waals surface area contributed by atoms with Gasteiger partial charge >= 0.3 is 29.6 Å². The molecular formula is C5H11Na. The van der Waals surface area contributed by atoms with E-state index in [4.69, 9.17) is 0 Å². The van der Waals surface area contributed by atoms with E-state index in [-0.39, 0.29) is 31.0 Å². The van der Waals surface area contributed by atoms with E-state index < -0.39 is 0 Å². The summed E-state index contributed by atoms with van der Waals surface area (Å²) in [5, 5.41) is 0. The molecule has 6 heavy (non-hydrogen) atoms.